The van der Waals surface area contributed by atoms with E-state index in [-0.39, 0.29) is 5.75 Å². The third-order valence-corrected chi connectivity index (χ3v) is 6.25. The molecule has 2 atom stereocenters. The lowest BCUT2D eigenvalue weighted by molar-refractivity contribution is 0.133. The van der Waals surface area contributed by atoms with Crippen molar-refractivity contribution in [1.82, 2.24) is 4.90 Å². The number of fused-ring (bicyclic) bond motifs is 2. The second-order valence-corrected chi connectivity index (χ2v) is 9.04. The van der Waals surface area contributed by atoms with Crippen molar-refractivity contribution in [3.8, 4) is 16.9 Å². The molecule has 4 aromatic rings. The minimum absolute atomic E-state index is 0.0780. The maximum atomic E-state index is 12.8. The van der Waals surface area contributed by atoms with E-state index in [1.54, 1.807) is 30.3 Å². The van der Waals surface area contributed by atoms with Gasteiger partial charge in [-0.15, -0.1) is 0 Å². The van der Waals surface area contributed by atoms with Crippen molar-refractivity contribution in [2.24, 2.45) is 11.8 Å². The number of phenolic OH excluding ortho intramolecular Hbond substituents is 1. The van der Waals surface area contributed by atoms with Crippen LogP contribution in [0.4, 0.5) is 0 Å². The van der Waals surface area contributed by atoms with Crippen LogP contribution in [0.25, 0.3) is 33.1 Å². The number of para-hydroxylation sites is 1. The van der Waals surface area contributed by atoms with Crippen LogP contribution in [0.2, 0.25) is 0 Å². The van der Waals surface area contributed by atoms with E-state index in [0.29, 0.717) is 51.6 Å². The zero-order valence-corrected chi connectivity index (χ0v) is 18.1. The maximum Gasteiger partial charge on any atom is 0.344 e. The number of hydrogen-bond donors (Lipinski definition) is 1. The summed E-state index contributed by atoms with van der Waals surface area (Å²) in [6.07, 6.45) is 1.18. The Hall–Kier alpha value is -3.38. The standard InChI is InChI=1S/C26H25NO5/c1-15-9-16(2)13-27(12-15)14-21-22(28)8-7-18-19(11-24(29)32-25(18)21)20-10-17-5-3-4-6-23(17)31-26(20)30/h3-8,10-11,15-16,28H,9,12-14H2,1-2H3/t15-,16-/m1/s1. The summed E-state index contributed by atoms with van der Waals surface area (Å²) in [5.74, 6) is 1.19. The summed E-state index contributed by atoms with van der Waals surface area (Å²) < 4.78 is 11.1. The Morgan fingerprint density at radius 3 is 2.50 bits per heavy atom. The lowest BCUT2D eigenvalue weighted by Crippen LogP contribution is -2.38. The minimum atomic E-state index is -0.577. The summed E-state index contributed by atoms with van der Waals surface area (Å²) in [4.78, 5) is 27.6. The topological polar surface area (TPSA) is 83.9 Å². The highest BCUT2D eigenvalue weighted by atomic mass is 16.4. The average Bonchev–Trinajstić information content (AvgIpc) is 2.74. The van der Waals surface area contributed by atoms with E-state index in [0.717, 1.165) is 18.5 Å². The van der Waals surface area contributed by atoms with Gasteiger partial charge in [-0.05, 0) is 42.5 Å². The molecule has 0 radical (unpaired) electrons. The van der Waals surface area contributed by atoms with Gasteiger partial charge < -0.3 is 13.9 Å². The number of phenols is 1. The predicted molar refractivity (Wildman–Crippen MR) is 124 cm³/mol. The molecule has 1 N–H and O–H groups in total. The average molecular weight is 431 g/mol. The summed E-state index contributed by atoms with van der Waals surface area (Å²) in [5.41, 5.74) is 0.992. The van der Waals surface area contributed by atoms with Crippen molar-refractivity contribution in [2.75, 3.05) is 13.1 Å². The Labute approximate surface area is 184 Å². The number of rotatable bonds is 3. The van der Waals surface area contributed by atoms with Crippen molar-refractivity contribution in [2.45, 2.75) is 26.8 Å². The van der Waals surface area contributed by atoms with Gasteiger partial charge in [0.2, 0.25) is 0 Å². The van der Waals surface area contributed by atoms with Gasteiger partial charge in [-0.2, -0.15) is 0 Å². The van der Waals surface area contributed by atoms with Gasteiger partial charge in [-0.25, -0.2) is 9.59 Å². The van der Waals surface area contributed by atoms with Crippen LogP contribution in [-0.4, -0.2) is 23.1 Å². The summed E-state index contributed by atoms with van der Waals surface area (Å²) >= 11 is 0. The number of likely N-dealkylation sites (tertiary alicyclic amines) is 1. The van der Waals surface area contributed by atoms with Crippen molar-refractivity contribution in [1.29, 1.82) is 0 Å². The van der Waals surface area contributed by atoms with Gasteiger partial charge in [0.1, 0.15) is 16.9 Å². The van der Waals surface area contributed by atoms with E-state index in [9.17, 15) is 14.7 Å². The number of hydrogen-bond acceptors (Lipinski definition) is 6. The summed E-state index contributed by atoms with van der Waals surface area (Å²) in [6.45, 7) is 6.75. The number of aromatic hydroxyl groups is 1. The van der Waals surface area contributed by atoms with Crippen LogP contribution in [-0.2, 0) is 6.54 Å². The van der Waals surface area contributed by atoms with Gasteiger partial charge >= 0.3 is 11.3 Å². The third kappa shape index (κ3) is 3.71. The molecule has 164 valence electrons. The van der Waals surface area contributed by atoms with Gasteiger partial charge in [0.25, 0.3) is 0 Å². The molecule has 5 rings (SSSR count). The fourth-order valence-corrected chi connectivity index (χ4v) is 5.04. The second-order valence-electron chi connectivity index (χ2n) is 9.04. The van der Waals surface area contributed by atoms with E-state index >= 15 is 0 Å². The van der Waals surface area contributed by atoms with E-state index in [1.165, 1.54) is 12.5 Å². The van der Waals surface area contributed by atoms with Crippen LogP contribution in [0.3, 0.4) is 0 Å². The fourth-order valence-electron chi connectivity index (χ4n) is 5.04. The first kappa shape index (κ1) is 20.5. The van der Waals surface area contributed by atoms with Crippen molar-refractivity contribution >= 4 is 21.9 Å². The first-order valence-electron chi connectivity index (χ1n) is 10.9. The van der Waals surface area contributed by atoms with Gasteiger partial charge in [0, 0.05) is 42.0 Å². The molecule has 0 amide bonds. The zero-order chi connectivity index (χ0) is 22.4. The molecule has 0 spiro atoms. The molecule has 0 unspecified atom stereocenters. The molecule has 1 aliphatic heterocycles. The van der Waals surface area contributed by atoms with Gasteiger partial charge in [-0.1, -0.05) is 32.0 Å². The van der Waals surface area contributed by atoms with E-state index in [2.05, 4.69) is 18.7 Å². The Morgan fingerprint density at radius 2 is 1.72 bits per heavy atom. The Balaban J connectivity index is 1.68. The Morgan fingerprint density at radius 1 is 0.969 bits per heavy atom. The van der Waals surface area contributed by atoms with Crippen molar-refractivity contribution < 1.29 is 13.9 Å². The molecule has 2 aromatic carbocycles. The molecular formula is C26H25NO5. The number of nitrogens with zero attached hydrogens (tertiary/aromatic N) is 1. The fraction of sp³-hybridized carbons (Fsp3) is 0.308. The highest BCUT2D eigenvalue weighted by molar-refractivity contribution is 5.97. The molecule has 6 nitrogen and oxygen atoms in total. The van der Waals surface area contributed by atoms with E-state index in [4.69, 9.17) is 8.83 Å². The largest absolute Gasteiger partial charge is 0.507 e. The normalized spacial score (nSPS) is 19.6. The SMILES string of the molecule is C[C@@H]1C[C@@H](C)CN(Cc2c(O)ccc3c(-c4cc5ccccc5oc4=O)cc(=O)oc23)C1. The molecule has 6 heteroatoms. The number of benzene rings is 2. The first-order valence-corrected chi connectivity index (χ1v) is 10.9. The van der Waals surface area contributed by atoms with Gasteiger partial charge in [0.15, 0.2) is 0 Å². The smallest absolute Gasteiger partial charge is 0.344 e. The Kier molecular flexibility index (Phi) is 5.10. The highest BCUT2D eigenvalue weighted by Gasteiger charge is 2.25. The third-order valence-electron chi connectivity index (χ3n) is 6.25. The lowest BCUT2D eigenvalue weighted by atomic mass is 9.91. The summed E-state index contributed by atoms with van der Waals surface area (Å²) in [5, 5.41) is 12.0. The molecule has 0 bridgehead atoms. The zero-order valence-electron chi connectivity index (χ0n) is 18.1. The molecular weight excluding hydrogens is 406 g/mol. The number of piperidine rings is 1. The van der Waals surface area contributed by atoms with E-state index < -0.39 is 11.3 Å². The van der Waals surface area contributed by atoms with Gasteiger partial charge in [-0.3, -0.25) is 4.90 Å². The first-order chi connectivity index (χ1) is 15.4. The van der Waals surface area contributed by atoms with Crippen LogP contribution in [0.15, 0.2) is 67.0 Å². The quantitative estimate of drug-likeness (QED) is 0.471. The summed E-state index contributed by atoms with van der Waals surface area (Å²) in [7, 11) is 0. The molecule has 0 saturated carbocycles. The van der Waals surface area contributed by atoms with Crippen LogP contribution in [0.1, 0.15) is 25.8 Å². The molecule has 1 saturated heterocycles. The lowest BCUT2D eigenvalue weighted by Gasteiger charge is -2.35. The molecule has 1 aliphatic rings. The van der Waals surface area contributed by atoms with Crippen LogP contribution < -0.4 is 11.3 Å². The molecule has 3 heterocycles. The van der Waals surface area contributed by atoms with E-state index in [1.807, 2.05) is 12.1 Å². The van der Waals surface area contributed by atoms with Gasteiger partial charge in [0.05, 0.1) is 11.1 Å². The molecule has 1 fully saturated rings. The molecule has 2 aromatic heterocycles. The monoisotopic (exact) mass is 431 g/mol. The second kappa shape index (κ2) is 7.95. The van der Waals surface area contributed by atoms with Crippen molar-refractivity contribution in [3.63, 3.8) is 0 Å². The van der Waals surface area contributed by atoms with Crippen LogP contribution >= 0.6 is 0 Å². The maximum absolute atomic E-state index is 12.8. The molecule has 0 aliphatic carbocycles. The molecule has 32 heavy (non-hydrogen) atoms. The van der Waals surface area contributed by atoms with Crippen molar-refractivity contribution in [3.05, 3.63) is 74.9 Å². The highest BCUT2D eigenvalue weighted by Crippen LogP contribution is 2.34. The van der Waals surface area contributed by atoms with Crippen LogP contribution in [0.5, 0.6) is 5.75 Å². The minimum Gasteiger partial charge on any atom is -0.507 e. The van der Waals surface area contributed by atoms with Crippen LogP contribution in [0, 0.1) is 11.8 Å². The summed E-state index contributed by atoms with van der Waals surface area (Å²) in [6, 6.07) is 13.6. The predicted octanol–water partition coefficient (Wildman–Crippen LogP) is 4.75. The Bertz CT molecular complexity index is 1420.